The van der Waals surface area contributed by atoms with Gasteiger partial charge in [0, 0.05) is 5.56 Å². The summed E-state index contributed by atoms with van der Waals surface area (Å²) in [4.78, 5) is 11.9. The molecule has 3 nitrogen and oxygen atoms in total. The van der Waals surface area contributed by atoms with Crippen LogP contribution in [0, 0.1) is 5.92 Å². The monoisotopic (exact) mass is 426 g/mol. The lowest BCUT2D eigenvalue weighted by atomic mass is 9.76. The number of hydrogen-bond acceptors (Lipinski definition) is 3. The van der Waals surface area contributed by atoms with Crippen LogP contribution in [-0.4, -0.2) is 12.3 Å². The van der Waals surface area contributed by atoms with E-state index in [-0.39, 0.29) is 5.92 Å². The second-order valence-corrected chi connectivity index (χ2v) is 8.79. The molecule has 1 atom stereocenters. The number of aliphatic imine (C=N–C) groups is 1. The van der Waals surface area contributed by atoms with Crippen molar-refractivity contribution in [3.05, 3.63) is 96.1 Å². The second-order valence-electron chi connectivity index (χ2n) is 8.79. The molecule has 0 fully saturated rings. The fraction of sp³-hybridized carbons (Fsp3) is 0.345. The van der Waals surface area contributed by atoms with Crippen molar-refractivity contribution in [3.63, 3.8) is 0 Å². The molecule has 1 aliphatic rings. The van der Waals surface area contributed by atoms with E-state index >= 15 is 0 Å². The van der Waals surface area contributed by atoms with Crippen molar-refractivity contribution in [2.45, 2.75) is 52.0 Å². The number of nitrogens with zero attached hydrogens (tertiary/aromatic N) is 2. The molecule has 0 N–H and O–H groups in total. The summed E-state index contributed by atoms with van der Waals surface area (Å²) in [6.45, 7) is 7.48. The van der Waals surface area contributed by atoms with Crippen molar-refractivity contribution in [2.75, 3.05) is 11.7 Å². The van der Waals surface area contributed by atoms with Crippen LogP contribution in [-0.2, 0) is 10.4 Å². The molecule has 1 unspecified atom stereocenters. The van der Waals surface area contributed by atoms with Crippen molar-refractivity contribution < 1.29 is 4.84 Å². The minimum absolute atomic E-state index is 0.232. The molecule has 1 heterocycles. The number of hydrogen-bond donors (Lipinski definition) is 0. The first-order chi connectivity index (χ1) is 15.7. The van der Waals surface area contributed by atoms with Gasteiger partial charge in [-0.1, -0.05) is 107 Å². The zero-order valence-corrected chi connectivity index (χ0v) is 19.5. The highest BCUT2D eigenvalue weighted by molar-refractivity contribution is 6.18. The van der Waals surface area contributed by atoms with Crippen molar-refractivity contribution in [3.8, 4) is 0 Å². The standard InChI is InChI=1S/C29H34N2O/c1-4-5-6-15-22-32-31-27-21-14-13-20-26(27)28(30-25-18-11-8-12-19-25)29(31,23(2)3)24-16-9-7-10-17-24/h7-14,16-21,23H,4-6,15,22H2,1-3H3. The van der Waals surface area contributed by atoms with E-state index in [4.69, 9.17) is 9.83 Å². The van der Waals surface area contributed by atoms with Gasteiger partial charge in [0.2, 0.25) is 0 Å². The lowest BCUT2D eigenvalue weighted by Crippen LogP contribution is -2.52. The molecule has 0 amide bonds. The highest BCUT2D eigenvalue weighted by Crippen LogP contribution is 2.50. The Morgan fingerprint density at radius 1 is 0.812 bits per heavy atom. The first kappa shape index (κ1) is 22.3. The van der Waals surface area contributed by atoms with Crippen LogP contribution < -0.4 is 5.06 Å². The highest BCUT2D eigenvalue weighted by atomic mass is 16.7. The highest BCUT2D eigenvalue weighted by Gasteiger charge is 2.54. The third-order valence-corrected chi connectivity index (χ3v) is 6.32. The Hall–Kier alpha value is -2.91. The maximum atomic E-state index is 6.63. The Balaban J connectivity index is 1.88. The van der Waals surface area contributed by atoms with Crippen LogP contribution in [0.25, 0.3) is 0 Å². The Bertz CT molecular complexity index is 1030. The second kappa shape index (κ2) is 10.1. The largest absolute Gasteiger partial charge is 0.272 e. The van der Waals surface area contributed by atoms with Gasteiger partial charge in [0.25, 0.3) is 0 Å². The van der Waals surface area contributed by atoms with E-state index in [1.165, 1.54) is 24.8 Å². The summed E-state index contributed by atoms with van der Waals surface area (Å²) in [5.41, 5.74) is 4.94. The molecule has 1 aliphatic heterocycles. The molecule has 0 radical (unpaired) electrons. The normalized spacial score (nSPS) is 19.0. The molecule has 32 heavy (non-hydrogen) atoms. The SMILES string of the molecule is CCCCCCON1c2ccccc2C(=Nc2ccccc2)C1(c1ccccc1)C(C)C. The summed E-state index contributed by atoms with van der Waals surface area (Å²) in [6, 6.07) is 29.5. The Labute approximate surface area is 192 Å². The number of para-hydroxylation sites is 2. The molecular weight excluding hydrogens is 392 g/mol. The lowest BCUT2D eigenvalue weighted by molar-refractivity contribution is 0.0562. The van der Waals surface area contributed by atoms with Crippen LogP contribution in [0.15, 0.2) is 89.9 Å². The first-order valence-electron chi connectivity index (χ1n) is 11.9. The fourth-order valence-corrected chi connectivity index (χ4v) is 4.76. The van der Waals surface area contributed by atoms with Crippen molar-refractivity contribution >= 4 is 17.1 Å². The van der Waals surface area contributed by atoms with E-state index in [0.29, 0.717) is 6.61 Å². The van der Waals surface area contributed by atoms with Gasteiger partial charge in [0.1, 0.15) is 5.54 Å². The number of rotatable bonds is 9. The molecule has 3 aromatic carbocycles. The molecular formula is C29H34N2O. The van der Waals surface area contributed by atoms with Crippen molar-refractivity contribution in [2.24, 2.45) is 10.9 Å². The van der Waals surface area contributed by atoms with Gasteiger partial charge in [-0.25, -0.2) is 10.1 Å². The van der Waals surface area contributed by atoms with Gasteiger partial charge < -0.3 is 0 Å². The molecule has 0 saturated carbocycles. The minimum Gasteiger partial charge on any atom is -0.272 e. The zero-order chi connectivity index (χ0) is 22.4. The van der Waals surface area contributed by atoms with Gasteiger partial charge in [-0.15, -0.1) is 0 Å². The average molecular weight is 427 g/mol. The van der Waals surface area contributed by atoms with Crippen molar-refractivity contribution in [1.29, 1.82) is 0 Å². The van der Waals surface area contributed by atoms with Crippen LogP contribution in [0.3, 0.4) is 0 Å². The van der Waals surface area contributed by atoms with E-state index in [9.17, 15) is 0 Å². The van der Waals surface area contributed by atoms with Crippen LogP contribution in [0.2, 0.25) is 0 Å². The smallest absolute Gasteiger partial charge is 0.137 e. The molecule has 0 aromatic heterocycles. The van der Waals surface area contributed by atoms with Gasteiger partial charge in [0.05, 0.1) is 23.7 Å². The minimum atomic E-state index is -0.508. The molecule has 3 aromatic rings. The predicted octanol–water partition coefficient (Wildman–Crippen LogP) is 7.69. The average Bonchev–Trinajstić information content (AvgIpc) is 3.11. The van der Waals surface area contributed by atoms with Gasteiger partial charge in [-0.3, -0.25) is 4.84 Å². The predicted molar refractivity (Wildman–Crippen MR) is 135 cm³/mol. The summed E-state index contributed by atoms with van der Waals surface area (Å²) in [7, 11) is 0. The lowest BCUT2D eigenvalue weighted by Gasteiger charge is -2.43. The molecule has 4 rings (SSSR count). The molecule has 0 bridgehead atoms. The van der Waals surface area contributed by atoms with Crippen LogP contribution in [0.5, 0.6) is 0 Å². The molecule has 3 heteroatoms. The van der Waals surface area contributed by atoms with Crippen molar-refractivity contribution in [1.82, 2.24) is 0 Å². The Kier molecular flexibility index (Phi) is 7.06. The summed E-state index contributed by atoms with van der Waals surface area (Å²) >= 11 is 0. The molecule has 0 saturated heterocycles. The summed E-state index contributed by atoms with van der Waals surface area (Å²) in [5, 5.41) is 2.16. The third-order valence-electron chi connectivity index (χ3n) is 6.32. The van der Waals surface area contributed by atoms with E-state index in [0.717, 1.165) is 29.1 Å². The maximum Gasteiger partial charge on any atom is 0.137 e. The van der Waals surface area contributed by atoms with E-state index in [2.05, 4.69) is 92.6 Å². The number of unbranched alkanes of at least 4 members (excludes halogenated alkanes) is 3. The van der Waals surface area contributed by atoms with Gasteiger partial charge in [0.15, 0.2) is 0 Å². The fourth-order valence-electron chi connectivity index (χ4n) is 4.76. The Morgan fingerprint density at radius 2 is 1.47 bits per heavy atom. The van der Waals surface area contributed by atoms with E-state index in [1.807, 2.05) is 18.2 Å². The quantitative estimate of drug-likeness (QED) is 0.328. The van der Waals surface area contributed by atoms with Gasteiger partial charge in [-0.05, 0) is 36.1 Å². The first-order valence-corrected chi connectivity index (χ1v) is 11.9. The maximum absolute atomic E-state index is 6.63. The number of hydroxylamine groups is 1. The van der Waals surface area contributed by atoms with Gasteiger partial charge in [-0.2, -0.15) is 0 Å². The topological polar surface area (TPSA) is 24.8 Å². The number of benzene rings is 3. The van der Waals surface area contributed by atoms with E-state index < -0.39 is 5.54 Å². The van der Waals surface area contributed by atoms with Crippen LogP contribution >= 0.6 is 0 Å². The molecule has 166 valence electrons. The molecule has 0 aliphatic carbocycles. The number of fused-ring (bicyclic) bond motifs is 1. The van der Waals surface area contributed by atoms with Gasteiger partial charge >= 0.3 is 0 Å². The Morgan fingerprint density at radius 3 is 2.16 bits per heavy atom. The summed E-state index contributed by atoms with van der Waals surface area (Å²) in [5.74, 6) is 0.232. The van der Waals surface area contributed by atoms with Crippen LogP contribution in [0.4, 0.5) is 11.4 Å². The van der Waals surface area contributed by atoms with Crippen LogP contribution in [0.1, 0.15) is 57.6 Å². The summed E-state index contributed by atoms with van der Waals surface area (Å²) < 4.78 is 0. The van der Waals surface area contributed by atoms with E-state index in [1.54, 1.807) is 0 Å². The third kappa shape index (κ3) is 4.10. The number of anilines is 1. The zero-order valence-electron chi connectivity index (χ0n) is 19.5. The molecule has 0 spiro atoms. The summed E-state index contributed by atoms with van der Waals surface area (Å²) in [6.07, 6.45) is 4.71.